The highest BCUT2D eigenvalue weighted by Gasteiger charge is 2.38. The van der Waals surface area contributed by atoms with E-state index in [2.05, 4.69) is 15.5 Å². The number of amides is 1. The van der Waals surface area contributed by atoms with Gasteiger partial charge in [0.15, 0.2) is 0 Å². The van der Waals surface area contributed by atoms with Crippen LogP contribution in [0.3, 0.4) is 0 Å². The second kappa shape index (κ2) is 7.05. The number of nitrogen functional groups attached to an aromatic ring is 1. The minimum absolute atomic E-state index is 0.0978. The van der Waals surface area contributed by atoms with E-state index in [0.717, 1.165) is 24.3 Å². The number of benzene rings is 1. The summed E-state index contributed by atoms with van der Waals surface area (Å²) in [6.45, 7) is 1.37. The summed E-state index contributed by atoms with van der Waals surface area (Å²) in [6.07, 6.45) is -9.31. The van der Waals surface area contributed by atoms with Gasteiger partial charge in [0.2, 0.25) is 11.1 Å². The van der Waals surface area contributed by atoms with Crippen molar-refractivity contribution in [1.82, 2.24) is 14.9 Å². The molecule has 0 saturated heterocycles. The molecule has 13 heteroatoms. The van der Waals surface area contributed by atoms with Crippen LogP contribution >= 0.6 is 11.8 Å². The Labute approximate surface area is 146 Å². The average Bonchev–Trinajstić information content (AvgIpc) is 2.88. The maximum Gasteiger partial charge on any atom is 0.453 e. The molecule has 26 heavy (non-hydrogen) atoms. The van der Waals surface area contributed by atoms with E-state index in [-0.39, 0.29) is 15.5 Å². The van der Waals surface area contributed by atoms with Gasteiger partial charge < -0.3 is 11.2 Å². The van der Waals surface area contributed by atoms with E-state index < -0.39 is 34.9 Å². The summed E-state index contributed by atoms with van der Waals surface area (Å²) in [5, 5.41) is 7.27. The molecule has 0 aliphatic heterocycles. The summed E-state index contributed by atoms with van der Waals surface area (Å²) in [5.74, 6) is 3.18. The van der Waals surface area contributed by atoms with Crippen LogP contribution in [0.1, 0.15) is 18.3 Å². The number of hydrogen-bond acceptors (Lipinski definition) is 5. The predicted octanol–water partition coefficient (Wildman–Crippen LogP) is 3.15. The van der Waals surface area contributed by atoms with Crippen LogP contribution in [-0.4, -0.2) is 26.0 Å². The second-order valence-corrected chi connectivity index (χ2v) is 6.31. The molecule has 3 N–H and O–H groups in total. The highest BCUT2D eigenvalue weighted by Crippen LogP contribution is 2.31. The summed E-state index contributed by atoms with van der Waals surface area (Å²) in [5.41, 5.74) is -0.783. The number of anilines is 1. The summed E-state index contributed by atoms with van der Waals surface area (Å²) in [7, 11) is 0. The lowest BCUT2D eigenvalue weighted by atomic mass is 10.2. The fourth-order valence-corrected chi connectivity index (χ4v) is 2.52. The molecular formula is C13H11F6N5OS. The Morgan fingerprint density at radius 1 is 1.12 bits per heavy atom. The van der Waals surface area contributed by atoms with Gasteiger partial charge in [0.1, 0.15) is 0 Å². The first-order valence-corrected chi connectivity index (χ1v) is 7.70. The van der Waals surface area contributed by atoms with Crippen molar-refractivity contribution < 1.29 is 31.1 Å². The van der Waals surface area contributed by atoms with Crippen LogP contribution in [-0.2, 0) is 17.1 Å². The fourth-order valence-electron chi connectivity index (χ4n) is 1.75. The second-order valence-electron chi connectivity index (χ2n) is 5.00. The van der Waals surface area contributed by atoms with Crippen molar-refractivity contribution in [2.75, 3.05) is 11.2 Å². The molecule has 1 amide bonds. The van der Waals surface area contributed by atoms with E-state index in [4.69, 9.17) is 5.84 Å². The van der Waals surface area contributed by atoms with Crippen molar-refractivity contribution in [3.63, 3.8) is 0 Å². The van der Waals surface area contributed by atoms with Crippen LogP contribution in [0.2, 0.25) is 0 Å². The van der Waals surface area contributed by atoms with Crippen LogP contribution in [0.4, 0.5) is 32.0 Å². The van der Waals surface area contributed by atoms with Gasteiger partial charge >= 0.3 is 12.4 Å². The van der Waals surface area contributed by atoms with E-state index in [1.165, 1.54) is 6.92 Å². The lowest BCUT2D eigenvalue weighted by Crippen LogP contribution is -2.25. The maximum absolute atomic E-state index is 12.6. The standard InChI is InChI=1S/C13H11F6N5OS/c1-6(26-11-23-22-10(24(11)20)13(17,18)19)9(25)21-8-4-2-7(3-5-8)12(14,15)16/h2-6H,20H2,1H3,(H,21,25). The van der Waals surface area contributed by atoms with Gasteiger partial charge in [-0.2, -0.15) is 26.3 Å². The normalized spacial score (nSPS) is 13.5. The molecule has 1 heterocycles. The molecule has 1 aromatic heterocycles. The zero-order valence-corrected chi connectivity index (χ0v) is 13.7. The predicted molar refractivity (Wildman–Crippen MR) is 80.6 cm³/mol. The van der Waals surface area contributed by atoms with Gasteiger partial charge in [-0.3, -0.25) is 4.79 Å². The molecule has 1 unspecified atom stereocenters. The zero-order valence-electron chi connectivity index (χ0n) is 12.9. The highest BCUT2D eigenvalue weighted by atomic mass is 32.2. The molecule has 6 nitrogen and oxygen atoms in total. The number of rotatable bonds is 4. The third kappa shape index (κ3) is 4.59. The monoisotopic (exact) mass is 399 g/mol. The van der Waals surface area contributed by atoms with Crippen LogP contribution in [0.5, 0.6) is 0 Å². The van der Waals surface area contributed by atoms with Gasteiger partial charge in [-0.1, -0.05) is 11.8 Å². The Kier molecular flexibility index (Phi) is 5.39. The molecule has 0 radical (unpaired) electrons. The number of nitrogens with zero attached hydrogens (tertiary/aromatic N) is 3. The van der Waals surface area contributed by atoms with Crippen molar-refractivity contribution in [2.45, 2.75) is 29.7 Å². The number of nitrogens with two attached hydrogens (primary N) is 1. The van der Waals surface area contributed by atoms with Crippen LogP contribution < -0.4 is 11.2 Å². The molecule has 1 aromatic carbocycles. The van der Waals surface area contributed by atoms with Crippen molar-refractivity contribution in [3.8, 4) is 0 Å². The average molecular weight is 399 g/mol. The number of thioether (sulfide) groups is 1. The van der Waals surface area contributed by atoms with Gasteiger partial charge in [-0.05, 0) is 31.2 Å². The van der Waals surface area contributed by atoms with Crippen molar-refractivity contribution in [3.05, 3.63) is 35.7 Å². The van der Waals surface area contributed by atoms with E-state index in [1.807, 2.05) is 0 Å². The minimum atomic E-state index is -4.80. The fraction of sp³-hybridized carbons (Fsp3) is 0.308. The van der Waals surface area contributed by atoms with Gasteiger partial charge in [0, 0.05) is 5.69 Å². The smallest absolute Gasteiger partial charge is 0.335 e. The molecule has 0 aliphatic carbocycles. The van der Waals surface area contributed by atoms with Gasteiger partial charge in [-0.15, -0.1) is 10.2 Å². The Bertz CT molecular complexity index is 786. The van der Waals surface area contributed by atoms with Gasteiger partial charge in [0.25, 0.3) is 5.82 Å². The van der Waals surface area contributed by atoms with Crippen LogP contribution in [0.25, 0.3) is 0 Å². The van der Waals surface area contributed by atoms with Gasteiger partial charge in [0.05, 0.1) is 10.8 Å². The van der Waals surface area contributed by atoms with Crippen molar-refractivity contribution in [1.29, 1.82) is 0 Å². The molecule has 142 valence electrons. The summed E-state index contributed by atoms with van der Waals surface area (Å²) >= 11 is 0.614. The molecular weight excluding hydrogens is 388 g/mol. The molecule has 0 fully saturated rings. The molecule has 0 saturated carbocycles. The molecule has 2 aromatic rings. The van der Waals surface area contributed by atoms with Crippen LogP contribution in [0, 0.1) is 0 Å². The SMILES string of the molecule is CC(Sc1nnc(C(F)(F)F)n1N)C(=O)Nc1ccc(C(F)(F)F)cc1. The number of carbonyl (C=O) groups excluding carboxylic acids is 1. The Hall–Kier alpha value is -2.44. The first kappa shape index (κ1) is 19.9. The Balaban J connectivity index is 2.03. The first-order valence-electron chi connectivity index (χ1n) is 6.82. The molecule has 0 aliphatic rings. The zero-order chi connectivity index (χ0) is 19.7. The number of aromatic nitrogens is 3. The quantitative estimate of drug-likeness (QED) is 0.469. The van der Waals surface area contributed by atoms with Crippen molar-refractivity contribution >= 4 is 23.4 Å². The summed E-state index contributed by atoms with van der Waals surface area (Å²) in [4.78, 5) is 12.0. The number of halogens is 6. The summed E-state index contributed by atoms with van der Waals surface area (Å²) < 4.78 is 75.4. The highest BCUT2D eigenvalue weighted by molar-refractivity contribution is 8.00. The third-order valence-electron chi connectivity index (χ3n) is 3.05. The third-order valence-corrected chi connectivity index (χ3v) is 4.11. The van der Waals surface area contributed by atoms with E-state index in [9.17, 15) is 31.1 Å². The number of alkyl halides is 6. The topological polar surface area (TPSA) is 85.8 Å². The van der Waals surface area contributed by atoms with E-state index >= 15 is 0 Å². The van der Waals surface area contributed by atoms with Crippen molar-refractivity contribution in [2.24, 2.45) is 0 Å². The van der Waals surface area contributed by atoms with Gasteiger partial charge in [-0.25, -0.2) is 4.68 Å². The molecule has 1 atom stereocenters. The van der Waals surface area contributed by atoms with E-state index in [0.29, 0.717) is 11.8 Å². The minimum Gasteiger partial charge on any atom is -0.335 e. The summed E-state index contributed by atoms with van der Waals surface area (Å²) in [6, 6.07) is 3.70. The van der Waals surface area contributed by atoms with E-state index in [1.54, 1.807) is 0 Å². The number of hydrogen-bond donors (Lipinski definition) is 2. The lowest BCUT2D eigenvalue weighted by Gasteiger charge is -2.12. The Morgan fingerprint density at radius 2 is 1.69 bits per heavy atom. The van der Waals surface area contributed by atoms with Crippen LogP contribution in [0.15, 0.2) is 29.4 Å². The lowest BCUT2D eigenvalue weighted by molar-refractivity contribution is -0.146. The first-order chi connectivity index (χ1) is 11.9. The largest absolute Gasteiger partial charge is 0.453 e. The number of carbonyl (C=O) groups is 1. The molecule has 0 bridgehead atoms. The number of nitrogens with one attached hydrogen (secondary N) is 1. The Morgan fingerprint density at radius 3 is 2.15 bits per heavy atom. The molecule has 2 rings (SSSR count). The maximum atomic E-state index is 12.6. The molecule has 0 spiro atoms.